The summed E-state index contributed by atoms with van der Waals surface area (Å²) < 4.78 is 5.13. The van der Waals surface area contributed by atoms with E-state index in [9.17, 15) is 4.79 Å². The summed E-state index contributed by atoms with van der Waals surface area (Å²) in [7, 11) is 1.63. The Hall–Kier alpha value is -1.57. The van der Waals surface area contributed by atoms with E-state index < -0.39 is 0 Å². The van der Waals surface area contributed by atoms with Crippen molar-refractivity contribution < 1.29 is 9.53 Å². The first-order valence-corrected chi connectivity index (χ1v) is 4.97. The lowest BCUT2D eigenvalue weighted by atomic mass is 10.0. The van der Waals surface area contributed by atoms with Gasteiger partial charge in [-0.05, 0) is 37.1 Å². The number of methoxy groups -OCH3 is 1. The van der Waals surface area contributed by atoms with Crippen LogP contribution in [0.2, 0.25) is 0 Å². The van der Waals surface area contributed by atoms with Crippen molar-refractivity contribution in [3.63, 3.8) is 0 Å². The maximum absolute atomic E-state index is 11.7. The van der Waals surface area contributed by atoms with Gasteiger partial charge in [-0.1, -0.05) is 6.08 Å². The fourth-order valence-electron chi connectivity index (χ4n) is 1.43. The van der Waals surface area contributed by atoms with Gasteiger partial charge in [0.1, 0.15) is 5.75 Å². The number of carbonyl (C=O) groups excluding carboxylic acids is 1. The molecule has 80 valence electrons. The Morgan fingerprint density at radius 3 is 2.80 bits per heavy atom. The first-order valence-electron chi connectivity index (χ1n) is 4.97. The standard InChI is InChI=1S/C13H16O2/c1-4-5-6-12(14)11-7-8-13(15-3)10(2)9-11/h4,7-9H,1,5-6H2,2-3H3. The number of rotatable bonds is 5. The van der Waals surface area contributed by atoms with Crippen molar-refractivity contribution in [2.24, 2.45) is 0 Å². The van der Waals surface area contributed by atoms with E-state index in [2.05, 4.69) is 6.58 Å². The summed E-state index contributed by atoms with van der Waals surface area (Å²) >= 11 is 0. The van der Waals surface area contributed by atoms with Crippen LogP contribution in [-0.2, 0) is 0 Å². The summed E-state index contributed by atoms with van der Waals surface area (Å²) in [6.07, 6.45) is 3.01. The Labute approximate surface area is 90.6 Å². The summed E-state index contributed by atoms with van der Waals surface area (Å²) in [5.74, 6) is 0.968. The molecule has 0 spiro atoms. The molecule has 1 aromatic rings. The maximum Gasteiger partial charge on any atom is 0.163 e. The highest BCUT2D eigenvalue weighted by Gasteiger charge is 2.06. The molecule has 0 amide bonds. The van der Waals surface area contributed by atoms with Crippen molar-refractivity contribution in [2.75, 3.05) is 7.11 Å². The van der Waals surface area contributed by atoms with E-state index >= 15 is 0 Å². The second-order valence-electron chi connectivity index (χ2n) is 3.43. The van der Waals surface area contributed by atoms with E-state index in [0.717, 1.165) is 23.3 Å². The van der Waals surface area contributed by atoms with Gasteiger partial charge in [-0.3, -0.25) is 4.79 Å². The van der Waals surface area contributed by atoms with Crippen molar-refractivity contribution in [3.05, 3.63) is 42.0 Å². The number of carbonyl (C=O) groups is 1. The van der Waals surface area contributed by atoms with Crippen molar-refractivity contribution in [1.29, 1.82) is 0 Å². The monoisotopic (exact) mass is 204 g/mol. The highest BCUT2D eigenvalue weighted by atomic mass is 16.5. The molecule has 1 rings (SSSR count). The Morgan fingerprint density at radius 2 is 2.27 bits per heavy atom. The highest BCUT2D eigenvalue weighted by molar-refractivity contribution is 5.96. The van der Waals surface area contributed by atoms with E-state index in [1.54, 1.807) is 19.3 Å². The normalized spacial score (nSPS) is 9.73. The largest absolute Gasteiger partial charge is 0.496 e. The Bertz CT molecular complexity index is 367. The molecule has 0 aliphatic carbocycles. The number of Topliss-reactive ketones (excluding diaryl/α,β-unsaturated/α-hetero) is 1. The van der Waals surface area contributed by atoms with Crippen LogP contribution in [0.3, 0.4) is 0 Å². The zero-order chi connectivity index (χ0) is 11.3. The lowest BCUT2D eigenvalue weighted by Crippen LogP contribution is -1.99. The second kappa shape index (κ2) is 5.35. The van der Waals surface area contributed by atoms with Crippen LogP contribution in [0.25, 0.3) is 0 Å². The van der Waals surface area contributed by atoms with Crippen LogP contribution in [0.1, 0.15) is 28.8 Å². The number of allylic oxidation sites excluding steroid dienone is 1. The van der Waals surface area contributed by atoms with Gasteiger partial charge in [0.15, 0.2) is 5.78 Å². The molecule has 0 bridgehead atoms. The van der Waals surface area contributed by atoms with Gasteiger partial charge in [0.05, 0.1) is 7.11 Å². The second-order valence-corrected chi connectivity index (χ2v) is 3.43. The molecule has 0 N–H and O–H groups in total. The number of aryl methyl sites for hydroxylation is 1. The SMILES string of the molecule is C=CCCC(=O)c1ccc(OC)c(C)c1. The molecule has 1 aromatic carbocycles. The quantitative estimate of drug-likeness (QED) is 0.544. The van der Waals surface area contributed by atoms with Crippen LogP contribution >= 0.6 is 0 Å². The van der Waals surface area contributed by atoms with Gasteiger partial charge in [-0.15, -0.1) is 6.58 Å². The third kappa shape index (κ3) is 2.94. The number of hydrogen-bond acceptors (Lipinski definition) is 2. The molecule has 0 unspecified atom stereocenters. The van der Waals surface area contributed by atoms with Crippen LogP contribution in [0, 0.1) is 6.92 Å². The molecule has 0 aliphatic rings. The molecule has 0 aliphatic heterocycles. The van der Waals surface area contributed by atoms with Crippen LogP contribution in [0.5, 0.6) is 5.75 Å². The molecule has 0 saturated carbocycles. The van der Waals surface area contributed by atoms with Gasteiger partial charge in [-0.25, -0.2) is 0 Å². The number of benzene rings is 1. The average molecular weight is 204 g/mol. The summed E-state index contributed by atoms with van der Waals surface area (Å²) in [6.45, 7) is 5.53. The Morgan fingerprint density at radius 1 is 1.53 bits per heavy atom. The number of ketones is 1. The van der Waals surface area contributed by atoms with Gasteiger partial charge < -0.3 is 4.74 Å². The summed E-state index contributed by atoms with van der Waals surface area (Å²) in [5.41, 5.74) is 1.73. The lowest BCUT2D eigenvalue weighted by Gasteiger charge is -2.06. The van der Waals surface area contributed by atoms with Gasteiger partial charge in [0.25, 0.3) is 0 Å². The summed E-state index contributed by atoms with van der Waals surface area (Å²) in [5, 5.41) is 0. The first kappa shape index (κ1) is 11.5. The summed E-state index contributed by atoms with van der Waals surface area (Å²) in [6, 6.07) is 5.50. The van der Waals surface area contributed by atoms with E-state index in [4.69, 9.17) is 4.74 Å². The smallest absolute Gasteiger partial charge is 0.163 e. The van der Waals surface area contributed by atoms with Gasteiger partial charge in [-0.2, -0.15) is 0 Å². The molecule has 0 fully saturated rings. The first-order chi connectivity index (χ1) is 7.19. The fourth-order valence-corrected chi connectivity index (χ4v) is 1.43. The van der Waals surface area contributed by atoms with Crippen LogP contribution < -0.4 is 4.74 Å². The summed E-state index contributed by atoms with van der Waals surface area (Å²) in [4.78, 5) is 11.7. The topological polar surface area (TPSA) is 26.3 Å². The zero-order valence-electron chi connectivity index (χ0n) is 9.25. The van der Waals surface area contributed by atoms with Crippen LogP contribution in [0.4, 0.5) is 0 Å². The van der Waals surface area contributed by atoms with Crippen molar-refractivity contribution in [3.8, 4) is 5.75 Å². The predicted molar refractivity (Wildman–Crippen MR) is 61.5 cm³/mol. The van der Waals surface area contributed by atoms with E-state index in [0.29, 0.717) is 6.42 Å². The molecule has 0 heterocycles. The van der Waals surface area contributed by atoms with Crippen LogP contribution in [0.15, 0.2) is 30.9 Å². The molecule has 2 heteroatoms. The Kier molecular flexibility index (Phi) is 4.10. The third-order valence-electron chi connectivity index (χ3n) is 2.29. The minimum Gasteiger partial charge on any atom is -0.496 e. The van der Waals surface area contributed by atoms with Crippen molar-refractivity contribution in [1.82, 2.24) is 0 Å². The molecule has 15 heavy (non-hydrogen) atoms. The molecule has 0 aromatic heterocycles. The number of ether oxygens (including phenoxy) is 1. The van der Waals surface area contributed by atoms with Crippen LogP contribution in [-0.4, -0.2) is 12.9 Å². The number of hydrogen-bond donors (Lipinski definition) is 0. The predicted octanol–water partition coefficient (Wildman–Crippen LogP) is 3.15. The molecule has 0 atom stereocenters. The fraction of sp³-hybridized carbons (Fsp3) is 0.308. The maximum atomic E-state index is 11.7. The molecule has 2 nitrogen and oxygen atoms in total. The molecule has 0 radical (unpaired) electrons. The van der Waals surface area contributed by atoms with E-state index in [1.165, 1.54) is 0 Å². The average Bonchev–Trinajstić information content (AvgIpc) is 2.25. The van der Waals surface area contributed by atoms with E-state index in [1.807, 2.05) is 19.1 Å². The Balaban J connectivity index is 2.82. The molecular weight excluding hydrogens is 188 g/mol. The van der Waals surface area contributed by atoms with Gasteiger partial charge >= 0.3 is 0 Å². The minimum atomic E-state index is 0.153. The molecule has 0 saturated heterocycles. The molecular formula is C13H16O2. The zero-order valence-corrected chi connectivity index (χ0v) is 9.25. The van der Waals surface area contributed by atoms with Gasteiger partial charge in [0.2, 0.25) is 0 Å². The van der Waals surface area contributed by atoms with Crippen molar-refractivity contribution >= 4 is 5.78 Å². The van der Waals surface area contributed by atoms with Crippen molar-refractivity contribution in [2.45, 2.75) is 19.8 Å². The highest BCUT2D eigenvalue weighted by Crippen LogP contribution is 2.19. The third-order valence-corrected chi connectivity index (χ3v) is 2.29. The van der Waals surface area contributed by atoms with E-state index in [-0.39, 0.29) is 5.78 Å². The lowest BCUT2D eigenvalue weighted by molar-refractivity contribution is 0.0983. The minimum absolute atomic E-state index is 0.153. The van der Waals surface area contributed by atoms with Gasteiger partial charge in [0, 0.05) is 12.0 Å².